The molecule has 3 heterocycles. The molecule has 0 aliphatic carbocycles. The summed E-state index contributed by atoms with van der Waals surface area (Å²) in [6, 6.07) is 10.1. The van der Waals surface area contributed by atoms with Crippen molar-refractivity contribution in [3.63, 3.8) is 0 Å². The van der Waals surface area contributed by atoms with Crippen LogP contribution in [0.5, 0.6) is 5.88 Å². The van der Waals surface area contributed by atoms with Crippen LogP contribution in [0.1, 0.15) is 16.8 Å². The normalized spacial score (nSPS) is 12.1. The van der Waals surface area contributed by atoms with Crippen LogP contribution in [0.4, 0.5) is 37.8 Å². The molecule has 0 bridgehead atoms. The quantitative estimate of drug-likeness (QED) is 0.295. The summed E-state index contributed by atoms with van der Waals surface area (Å²) >= 11 is 0. The zero-order valence-electron chi connectivity index (χ0n) is 18.8. The van der Waals surface area contributed by atoms with Gasteiger partial charge in [-0.05, 0) is 30.3 Å². The van der Waals surface area contributed by atoms with Gasteiger partial charge in [0.2, 0.25) is 5.88 Å². The minimum Gasteiger partial charge on any atom is -0.481 e. The molecule has 4 aromatic rings. The fourth-order valence-corrected chi connectivity index (χ4v) is 3.53. The second-order valence-corrected chi connectivity index (χ2v) is 7.63. The summed E-state index contributed by atoms with van der Waals surface area (Å²) in [7, 11) is 2.74. The maximum Gasteiger partial charge on any atom is 0.418 e. The number of anilines is 2. The molecule has 6 nitrogen and oxygen atoms in total. The Hall–Kier alpha value is -3.93. The second kappa shape index (κ2) is 9.61. The number of rotatable bonds is 6. The van der Waals surface area contributed by atoms with Crippen LogP contribution in [-0.4, -0.2) is 29.2 Å². The molecule has 0 aliphatic rings. The first-order valence-electron chi connectivity index (χ1n) is 10.3. The van der Waals surface area contributed by atoms with E-state index in [9.17, 15) is 26.3 Å². The van der Waals surface area contributed by atoms with Crippen LogP contribution in [0.3, 0.4) is 0 Å². The lowest BCUT2D eigenvalue weighted by Gasteiger charge is -2.15. The van der Waals surface area contributed by atoms with Gasteiger partial charge < -0.3 is 14.8 Å². The molecule has 0 atom stereocenters. The van der Waals surface area contributed by atoms with E-state index in [-0.39, 0.29) is 29.6 Å². The van der Waals surface area contributed by atoms with Gasteiger partial charge in [-0.1, -0.05) is 12.1 Å². The molecule has 3 aromatic heterocycles. The number of hydrogen-bond donors (Lipinski definition) is 1. The number of ether oxygens (including phenoxy) is 2. The van der Waals surface area contributed by atoms with E-state index in [1.807, 2.05) is 0 Å². The molecular weight excluding hydrogens is 490 g/mol. The summed E-state index contributed by atoms with van der Waals surface area (Å²) in [4.78, 5) is 12.3. The number of aromatic nitrogens is 3. The van der Waals surface area contributed by atoms with Gasteiger partial charge in [-0.25, -0.2) is 9.97 Å². The maximum absolute atomic E-state index is 13.7. The number of alkyl halides is 6. The number of nitrogens with zero attached hydrogens (tertiary/aromatic N) is 3. The summed E-state index contributed by atoms with van der Waals surface area (Å²) in [5.41, 5.74) is -0.844. The Bertz CT molecular complexity index is 1390. The Labute approximate surface area is 200 Å². The lowest BCUT2D eigenvalue weighted by atomic mass is 10.0. The summed E-state index contributed by atoms with van der Waals surface area (Å²) in [5.74, 6) is 0.145. The van der Waals surface area contributed by atoms with Crippen LogP contribution in [-0.2, 0) is 23.7 Å². The molecule has 188 valence electrons. The number of halogens is 6. The van der Waals surface area contributed by atoms with Gasteiger partial charge in [-0.2, -0.15) is 26.3 Å². The smallest absolute Gasteiger partial charge is 0.418 e. The highest BCUT2D eigenvalue weighted by Gasteiger charge is 2.35. The third kappa shape index (κ3) is 5.33. The predicted molar refractivity (Wildman–Crippen MR) is 120 cm³/mol. The lowest BCUT2D eigenvalue weighted by Crippen LogP contribution is -2.09. The first kappa shape index (κ1) is 25.2. The van der Waals surface area contributed by atoms with Gasteiger partial charge in [0.05, 0.1) is 47.4 Å². The topological polar surface area (TPSA) is 69.2 Å². The molecule has 4 rings (SSSR count). The Kier molecular flexibility index (Phi) is 6.72. The van der Waals surface area contributed by atoms with Gasteiger partial charge in [0.15, 0.2) is 0 Å². The van der Waals surface area contributed by atoms with Crippen molar-refractivity contribution in [3.05, 3.63) is 71.5 Å². The Morgan fingerprint density at radius 1 is 0.861 bits per heavy atom. The van der Waals surface area contributed by atoms with Gasteiger partial charge in [0.25, 0.3) is 0 Å². The molecule has 1 aromatic carbocycles. The zero-order valence-corrected chi connectivity index (χ0v) is 18.8. The molecule has 12 heteroatoms. The third-order valence-corrected chi connectivity index (χ3v) is 5.17. The van der Waals surface area contributed by atoms with Crippen molar-refractivity contribution in [2.45, 2.75) is 19.0 Å². The van der Waals surface area contributed by atoms with E-state index in [4.69, 9.17) is 9.47 Å². The van der Waals surface area contributed by atoms with Gasteiger partial charge in [-0.15, -0.1) is 0 Å². The Morgan fingerprint density at radius 3 is 2.25 bits per heavy atom. The van der Waals surface area contributed by atoms with E-state index >= 15 is 0 Å². The van der Waals surface area contributed by atoms with Gasteiger partial charge >= 0.3 is 12.4 Å². The van der Waals surface area contributed by atoms with Crippen molar-refractivity contribution in [1.82, 2.24) is 15.0 Å². The van der Waals surface area contributed by atoms with Crippen LogP contribution in [0.25, 0.3) is 22.2 Å². The van der Waals surface area contributed by atoms with Crippen molar-refractivity contribution in [2.24, 2.45) is 0 Å². The minimum atomic E-state index is -4.66. The molecule has 0 amide bonds. The second-order valence-electron chi connectivity index (χ2n) is 7.63. The van der Waals surface area contributed by atoms with E-state index in [0.29, 0.717) is 28.5 Å². The predicted octanol–water partition coefficient (Wildman–Crippen LogP) is 6.63. The molecule has 36 heavy (non-hydrogen) atoms. The molecule has 0 spiro atoms. The van der Waals surface area contributed by atoms with Gasteiger partial charge in [0, 0.05) is 30.3 Å². The molecule has 0 saturated heterocycles. The van der Waals surface area contributed by atoms with Crippen molar-refractivity contribution in [2.75, 3.05) is 19.5 Å². The number of methoxy groups -OCH3 is 2. The summed E-state index contributed by atoms with van der Waals surface area (Å²) in [6.07, 6.45) is -8.48. The van der Waals surface area contributed by atoms with E-state index in [1.54, 1.807) is 12.1 Å². The Balaban J connectivity index is 1.81. The monoisotopic (exact) mass is 508 g/mol. The van der Waals surface area contributed by atoms with E-state index in [1.165, 1.54) is 32.4 Å². The minimum absolute atomic E-state index is 0.00919. The molecule has 1 N–H and O–H groups in total. The first-order chi connectivity index (χ1) is 17.0. The average Bonchev–Trinajstić information content (AvgIpc) is 2.82. The lowest BCUT2D eigenvalue weighted by molar-refractivity contribution is -0.138. The van der Waals surface area contributed by atoms with E-state index in [0.717, 1.165) is 18.2 Å². The van der Waals surface area contributed by atoms with Crippen LogP contribution >= 0.6 is 0 Å². The fourth-order valence-electron chi connectivity index (χ4n) is 3.53. The summed E-state index contributed by atoms with van der Waals surface area (Å²) < 4.78 is 89.7. The largest absolute Gasteiger partial charge is 0.481 e. The van der Waals surface area contributed by atoms with Crippen LogP contribution in [0.2, 0.25) is 0 Å². The highest BCUT2D eigenvalue weighted by Crippen LogP contribution is 2.38. The molecule has 0 radical (unpaired) electrons. The van der Waals surface area contributed by atoms with Gasteiger partial charge in [0.1, 0.15) is 5.82 Å². The number of nitrogens with one attached hydrogen (secondary N) is 1. The first-order valence-corrected chi connectivity index (χ1v) is 10.3. The molecule has 0 aliphatic heterocycles. The van der Waals surface area contributed by atoms with Crippen molar-refractivity contribution in [3.8, 4) is 17.1 Å². The van der Waals surface area contributed by atoms with Crippen LogP contribution in [0.15, 0.2) is 54.7 Å². The zero-order chi connectivity index (χ0) is 26.1. The number of fused-ring (bicyclic) bond motifs is 1. The summed E-state index contributed by atoms with van der Waals surface area (Å²) in [5, 5.41) is 3.44. The number of pyridine rings is 3. The Morgan fingerprint density at radius 2 is 1.64 bits per heavy atom. The van der Waals surface area contributed by atoms with Crippen molar-refractivity contribution in [1.29, 1.82) is 0 Å². The maximum atomic E-state index is 13.7. The fraction of sp³-hybridized carbons (Fsp3) is 0.208. The van der Waals surface area contributed by atoms with E-state index < -0.39 is 23.5 Å². The third-order valence-electron chi connectivity index (χ3n) is 5.17. The summed E-state index contributed by atoms with van der Waals surface area (Å²) in [6.45, 7) is 0.0838. The van der Waals surface area contributed by atoms with Crippen molar-refractivity contribution < 1.29 is 35.8 Å². The number of benzene rings is 1. The molecular formula is C24H18F6N4O2. The van der Waals surface area contributed by atoms with Crippen LogP contribution < -0.4 is 10.1 Å². The molecule has 0 fully saturated rings. The van der Waals surface area contributed by atoms with E-state index in [2.05, 4.69) is 20.3 Å². The average molecular weight is 508 g/mol. The SMILES string of the molecule is COCc1cc(Nc2ccc(C(F)(F)F)cn2)c2ccc(-c3nc(OC)ccc3C(F)(F)F)cc2n1. The highest BCUT2D eigenvalue weighted by atomic mass is 19.4. The van der Waals surface area contributed by atoms with Crippen molar-refractivity contribution >= 4 is 22.4 Å². The highest BCUT2D eigenvalue weighted by molar-refractivity contribution is 5.95. The standard InChI is InChI=1S/C24H18F6N4O2/c1-35-12-15-10-19(33-20-7-4-14(11-31-20)23(25,26)27)16-5-3-13(9-18(16)32-15)22-17(24(28,29)30)6-8-21(34-22)36-2/h3-11H,12H2,1-2H3,(H,31,32,33). The van der Waals surface area contributed by atoms with Crippen LogP contribution in [0, 0.1) is 0 Å². The molecule has 0 saturated carbocycles. The molecule has 0 unspecified atom stereocenters. The number of hydrogen-bond acceptors (Lipinski definition) is 6. The van der Waals surface area contributed by atoms with Gasteiger partial charge in [-0.3, -0.25) is 4.98 Å².